The Kier molecular flexibility index (Phi) is 3.17. The minimum atomic E-state index is -0.272. The molecular formula is C10H9N5S. The molecule has 0 radical (unpaired) electrons. The van der Waals surface area contributed by atoms with Crippen LogP contribution in [0.2, 0.25) is 0 Å². The van der Waals surface area contributed by atoms with E-state index in [1.165, 1.54) is 11.8 Å². The van der Waals surface area contributed by atoms with Crippen LogP contribution in [0, 0.1) is 11.3 Å². The Hall–Kier alpha value is -1.87. The van der Waals surface area contributed by atoms with Crippen molar-refractivity contribution >= 4 is 17.7 Å². The van der Waals surface area contributed by atoms with Crippen molar-refractivity contribution in [2.45, 2.75) is 11.3 Å². The maximum absolute atomic E-state index is 8.90. The first kappa shape index (κ1) is 10.6. The third-order valence-electron chi connectivity index (χ3n) is 2.03. The number of nitriles is 1. The second kappa shape index (κ2) is 4.77. The second-order valence-corrected chi connectivity index (χ2v) is 4.15. The summed E-state index contributed by atoms with van der Waals surface area (Å²) >= 11 is 1.49. The molecule has 2 N–H and O–H groups in total. The van der Waals surface area contributed by atoms with Gasteiger partial charge in [0.1, 0.15) is 0 Å². The maximum Gasteiger partial charge on any atom is 0.238 e. The third-order valence-corrected chi connectivity index (χ3v) is 3.00. The highest BCUT2D eigenvalue weighted by molar-refractivity contribution is 7.99. The van der Waals surface area contributed by atoms with E-state index in [0.717, 1.165) is 5.56 Å². The molecule has 1 heterocycles. The predicted molar refractivity (Wildman–Crippen MR) is 62.7 cm³/mol. The number of hydrogen-bond donors (Lipinski definition) is 1. The minimum Gasteiger partial charge on any atom is -0.367 e. The number of aliphatic imine (C=N–C) groups is 1. The number of hydrogen-bond acceptors (Lipinski definition) is 6. The van der Waals surface area contributed by atoms with Crippen molar-refractivity contribution in [1.29, 1.82) is 5.26 Å². The Bertz CT molecular complexity index is 488. The second-order valence-electron chi connectivity index (χ2n) is 3.11. The molecule has 1 aliphatic rings. The fourth-order valence-electron chi connectivity index (χ4n) is 1.26. The molecule has 1 atom stereocenters. The van der Waals surface area contributed by atoms with Gasteiger partial charge in [-0.05, 0) is 11.6 Å². The van der Waals surface area contributed by atoms with Crippen molar-refractivity contribution in [2.75, 3.05) is 0 Å². The van der Waals surface area contributed by atoms with Crippen molar-refractivity contribution < 1.29 is 0 Å². The normalized spacial score (nSPS) is 18.2. The van der Waals surface area contributed by atoms with Crippen LogP contribution >= 0.6 is 11.8 Å². The van der Waals surface area contributed by atoms with Crippen molar-refractivity contribution in [3.8, 4) is 6.07 Å². The van der Waals surface area contributed by atoms with Crippen molar-refractivity contribution in [1.82, 2.24) is 0 Å². The lowest BCUT2D eigenvalue weighted by molar-refractivity contribution is 0.970. The Morgan fingerprint density at radius 2 is 2.25 bits per heavy atom. The van der Waals surface area contributed by atoms with Gasteiger partial charge in [-0.15, -0.1) is 22.0 Å². The summed E-state index contributed by atoms with van der Waals surface area (Å²) in [6.07, 6.45) is 0. The first-order valence-corrected chi connectivity index (χ1v) is 5.68. The first-order valence-electron chi connectivity index (χ1n) is 4.63. The summed E-state index contributed by atoms with van der Waals surface area (Å²) < 4.78 is 0. The Balaban J connectivity index is 2.01. The molecular weight excluding hydrogens is 222 g/mol. The number of thioether (sulfide) groups is 1. The van der Waals surface area contributed by atoms with E-state index >= 15 is 0 Å². The number of nitrogens with two attached hydrogens (primary N) is 1. The van der Waals surface area contributed by atoms with E-state index in [2.05, 4.69) is 21.3 Å². The quantitative estimate of drug-likeness (QED) is 0.861. The van der Waals surface area contributed by atoms with E-state index in [1.807, 2.05) is 18.2 Å². The van der Waals surface area contributed by atoms with E-state index in [-0.39, 0.29) is 11.5 Å². The van der Waals surface area contributed by atoms with Gasteiger partial charge in [-0.3, -0.25) is 0 Å². The lowest BCUT2D eigenvalue weighted by Crippen LogP contribution is -2.04. The molecule has 1 aromatic carbocycles. The van der Waals surface area contributed by atoms with E-state index in [0.29, 0.717) is 11.3 Å². The van der Waals surface area contributed by atoms with Gasteiger partial charge in [0.15, 0.2) is 0 Å². The maximum atomic E-state index is 8.90. The lowest BCUT2D eigenvalue weighted by Gasteiger charge is -2.04. The Labute approximate surface area is 97.1 Å². The fourth-order valence-corrected chi connectivity index (χ4v) is 2.14. The van der Waals surface area contributed by atoms with Gasteiger partial charge in [0.2, 0.25) is 11.5 Å². The highest BCUT2D eigenvalue weighted by Gasteiger charge is 2.13. The molecule has 6 heteroatoms. The summed E-state index contributed by atoms with van der Waals surface area (Å²) in [6.45, 7) is 0. The van der Waals surface area contributed by atoms with Gasteiger partial charge in [0.05, 0.1) is 11.6 Å². The van der Waals surface area contributed by atoms with Crippen molar-refractivity contribution in [2.24, 2.45) is 21.0 Å². The smallest absolute Gasteiger partial charge is 0.238 e. The minimum absolute atomic E-state index is 0.214. The van der Waals surface area contributed by atoms with Crippen LogP contribution in [0.1, 0.15) is 11.1 Å². The van der Waals surface area contributed by atoms with E-state index in [1.54, 1.807) is 6.07 Å². The van der Waals surface area contributed by atoms with Gasteiger partial charge in [-0.25, -0.2) is 4.99 Å². The van der Waals surface area contributed by atoms with Crippen molar-refractivity contribution in [3.05, 3.63) is 35.4 Å². The summed E-state index contributed by atoms with van der Waals surface area (Å²) in [5.74, 6) is 0.885. The summed E-state index contributed by atoms with van der Waals surface area (Å²) in [4.78, 5) is 4.00. The molecule has 0 aromatic heterocycles. The molecule has 0 bridgehead atoms. The van der Waals surface area contributed by atoms with E-state index in [4.69, 9.17) is 11.0 Å². The van der Waals surface area contributed by atoms with E-state index in [9.17, 15) is 0 Å². The molecule has 80 valence electrons. The monoisotopic (exact) mass is 231 g/mol. The lowest BCUT2D eigenvalue weighted by atomic mass is 10.1. The Morgan fingerprint density at radius 1 is 1.44 bits per heavy atom. The number of azo groups is 1. The van der Waals surface area contributed by atoms with Crippen LogP contribution in [-0.4, -0.2) is 11.5 Å². The highest BCUT2D eigenvalue weighted by atomic mass is 32.2. The van der Waals surface area contributed by atoms with Gasteiger partial charge < -0.3 is 5.73 Å². The molecule has 2 rings (SSSR count). The van der Waals surface area contributed by atoms with Crippen LogP contribution < -0.4 is 5.73 Å². The van der Waals surface area contributed by atoms with Crippen LogP contribution in [-0.2, 0) is 5.75 Å². The SMILES string of the molecule is N#Cc1ccccc1CSC1N=NC(N)=N1. The van der Waals surface area contributed by atoms with E-state index < -0.39 is 0 Å². The zero-order chi connectivity index (χ0) is 11.4. The summed E-state index contributed by atoms with van der Waals surface area (Å²) in [6, 6.07) is 9.62. The fraction of sp³-hybridized carbons (Fsp3) is 0.200. The summed E-state index contributed by atoms with van der Waals surface area (Å²) in [7, 11) is 0. The van der Waals surface area contributed by atoms with Crippen molar-refractivity contribution in [3.63, 3.8) is 0 Å². The zero-order valence-corrected chi connectivity index (χ0v) is 9.18. The molecule has 1 unspecified atom stereocenters. The molecule has 0 amide bonds. The third kappa shape index (κ3) is 2.38. The average molecular weight is 231 g/mol. The topological polar surface area (TPSA) is 86.9 Å². The van der Waals surface area contributed by atoms with Crippen LogP contribution in [0.5, 0.6) is 0 Å². The molecule has 0 aliphatic carbocycles. The number of rotatable bonds is 3. The number of benzene rings is 1. The highest BCUT2D eigenvalue weighted by Crippen LogP contribution is 2.24. The average Bonchev–Trinajstić information content (AvgIpc) is 2.73. The molecule has 5 nitrogen and oxygen atoms in total. The number of guanidine groups is 1. The molecule has 0 fully saturated rings. The van der Waals surface area contributed by atoms with Crippen LogP contribution in [0.15, 0.2) is 39.5 Å². The van der Waals surface area contributed by atoms with Gasteiger partial charge >= 0.3 is 0 Å². The summed E-state index contributed by atoms with van der Waals surface area (Å²) in [5, 5.41) is 16.4. The molecule has 0 saturated carbocycles. The first-order chi connectivity index (χ1) is 7.79. The molecule has 0 spiro atoms. The van der Waals surface area contributed by atoms with Gasteiger partial charge in [0.25, 0.3) is 0 Å². The van der Waals surface area contributed by atoms with Gasteiger partial charge in [-0.1, -0.05) is 18.2 Å². The molecule has 1 aromatic rings. The van der Waals surface area contributed by atoms with Crippen LogP contribution in [0.25, 0.3) is 0 Å². The van der Waals surface area contributed by atoms with Crippen LogP contribution in [0.3, 0.4) is 0 Å². The largest absolute Gasteiger partial charge is 0.367 e. The zero-order valence-electron chi connectivity index (χ0n) is 8.37. The molecule has 0 saturated heterocycles. The van der Waals surface area contributed by atoms with Gasteiger partial charge in [0, 0.05) is 5.75 Å². The standard InChI is InChI=1S/C10H9N5S/c11-5-7-3-1-2-4-8(7)6-16-10-13-9(12)14-15-10/h1-4,10H,6H2,(H2,12,13). The molecule has 1 aliphatic heterocycles. The molecule has 16 heavy (non-hydrogen) atoms. The van der Waals surface area contributed by atoms with Crippen LogP contribution in [0.4, 0.5) is 0 Å². The Morgan fingerprint density at radius 3 is 2.94 bits per heavy atom. The summed E-state index contributed by atoms with van der Waals surface area (Å²) in [5.41, 5.74) is 6.76. The predicted octanol–water partition coefficient (Wildman–Crippen LogP) is 1.86. The number of nitrogens with zero attached hydrogens (tertiary/aromatic N) is 4. The van der Waals surface area contributed by atoms with Gasteiger partial charge in [-0.2, -0.15) is 5.26 Å².